The van der Waals surface area contributed by atoms with E-state index in [1.807, 2.05) is 17.9 Å². The van der Waals surface area contributed by atoms with Crippen LogP contribution in [0.15, 0.2) is 16.9 Å². The maximum atomic E-state index is 11.4. The van der Waals surface area contributed by atoms with Crippen LogP contribution in [0.2, 0.25) is 0 Å². The number of hydrogen-bond acceptors (Lipinski definition) is 3. The number of piperidine rings is 1. The molecule has 1 aromatic rings. The summed E-state index contributed by atoms with van der Waals surface area (Å²) in [4.78, 5) is 13.2. The minimum atomic E-state index is 0.247. The normalized spacial score (nSPS) is 22.3. The molecular formula is C12H19BrN4O. The smallest absolute Gasteiger partial charge is 0.222 e. The number of rotatable bonds is 4. The average Bonchev–Trinajstić information content (AvgIpc) is 2.69. The molecule has 1 saturated heterocycles. The molecule has 0 aliphatic carbocycles. The summed E-state index contributed by atoms with van der Waals surface area (Å²) in [6, 6.07) is 0.727. The SMILES string of the molecule is C[C@@H](Cn1cc(Br)cn1)N[C@H]1CCC(=O)N(C)C1. The van der Waals surface area contributed by atoms with Crippen LogP contribution in [-0.2, 0) is 11.3 Å². The highest BCUT2D eigenvalue weighted by Crippen LogP contribution is 2.11. The Kier molecular flexibility index (Phi) is 4.40. The molecule has 0 radical (unpaired) electrons. The van der Waals surface area contributed by atoms with E-state index in [9.17, 15) is 4.79 Å². The van der Waals surface area contributed by atoms with Crippen molar-refractivity contribution in [1.82, 2.24) is 20.0 Å². The predicted molar refractivity (Wildman–Crippen MR) is 73.2 cm³/mol. The highest BCUT2D eigenvalue weighted by molar-refractivity contribution is 9.10. The van der Waals surface area contributed by atoms with Crippen LogP contribution in [0.5, 0.6) is 0 Å². The van der Waals surface area contributed by atoms with Crippen molar-refractivity contribution < 1.29 is 4.79 Å². The minimum Gasteiger partial charge on any atom is -0.344 e. The van der Waals surface area contributed by atoms with Gasteiger partial charge in [0.1, 0.15) is 0 Å². The van der Waals surface area contributed by atoms with Gasteiger partial charge in [-0.3, -0.25) is 9.48 Å². The summed E-state index contributed by atoms with van der Waals surface area (Å²) in [5.74, 6) is 0.247. The van der Waals surface area contributed by atoms with Gasteiger partial charge < -0.3 is 10.2 Å². The number of amides is 1. The zero-order valence-corrected chi connectivity index (χ0v) is 12.4. The van der Waals surface area contributed by atoms with E-state index in [4.69, 9.17) is 0 Å². The van der Waals surface area contributed by atoms with E-state index in [0.717, 1.165) is 24.0 Å². The number of likely N-dealkylation sites (tertiary alicyclic amines) is 1. The van der Waals surface area contributed by atoms with Crippen molar-refractivity contribution in [3.63, 3.8) is 0 Å². The minimum absolute atomic E-state index is 0.247. The molecular weight excluding hydrogens is 296 g/mol. The molecule has 0 aromatic carbocycles. The van der Waals surface area contributed by atoms with E-state index in [1.54, 1.807) is 11.1 Å². The summed E-state index contributed by atoms with van der Waals surface area (Å²) < 4.78 is 2.91. The van der Waals surface area contributed by atoms with Crippen LogP contribution in [-0.4, -0.2) is 46.3 Å². The van der Waals surface area contributed by atoms with Crippen LogP contribution in [0, 0.1) is 0 Å². The first-order valence-corrected chi connectivity index (χ1v) is 7.02. The number of carbonyl (C=O) groups is 1. The quantitative estimate of drug-likeness (QED) is 0.910. The van der Waals surface area contributed by atoms with E-state index in [1.165, 1.54) is 0 Å². The lowest BCUT2D eigenvalue weighted by atomic mass is 10.0. The van der Waals surface area contributed by atoms with Crippen LogP contribution >= 0.6 is 15.9 Å². The van der Waals surface area contributed by atoms with E-state index in [0.29, 0.717) is 18.5 Å². The largest absolute Gasteiger partial charge is 0.344 e. The molecule has 1 fully saturated rings. The van der Waals surface area contributed by atoms with Gasteiger partial charge in [-0.25, -0.2) is 0 Å². The first-order valence-electron chi connectivity index (χ1n) is 6.22. The van der Waals surface area contributed by atoms with Gasteiger partial charge in [-0.1, -0.05) is 0 Å². The first-order chi connectivity index (χ1) is 8.54. The van der Waals surface area contributed by atoms with E-state index in [2.05, 4.69) is 33.3 Å². The number of carbonyl (C=O) groups excluding carboxylic acids is 1. The molecule has 1 aromatic heterocycles. The fourth-order valence-corrected chi connectivity index (χ4v) is 2.65. The Morgan fingerprint density at radius 2 is 2.44 bits per heavy atom. The van der Waals surface area contributed by atoms with Crippen LogP contribution in [0.25, 0.3) is 0 Å². The van der Waals surface area contributed by atoms with Crippen molar-refractivity contribution in [2.45, 2.75) is 38.4 Å². The second-order valence-corrected chi connectivity index (χ2v) is 5.87. The molecule has 0 unspecified atom stereocenters. The Bertz CT molecular complexity index is 420. The third kappa shape index (κ3) is 3.55. The molecule has 0 spiro atoms. The summed E-state index contributed by atoms with van der Waals surface area (Å²) in [6.45, 7) is 3.78. The Morgan fingerprint density at radius 1 is 1.67 bits per heavy atom. The fourth-order valence-electron chi connectivity index (χ4n) is 2.32. The third-order valence-electron chi connectivity index (χ3n) is 3.21. The number of likely N-dealkylation sites (N-methyl/N-ethyl adjacent to an activating group) is 1. The standard InChI is InChI=1S/C12H19BrN4O/c1-9(6-17-7-10(13)5-14-17)15-11-3-4-12(18)16(2)8-11/h5,7,9,11,15H,3-4,6,8H2,1-2H3/t9-,11-/m0/s1. The topological polar surface area (TPSA) is 50.2 Å². The van der Waals surface area contributed by atoms with E-state index in [-0.39, 0.29) is 5.91 Å². The summed E-state index contributed by atoms with van der Waals surface area (Å²) in [5.41, 5.74) is 0. The lowest BCUT2D eigenvalue weighted by Crippen LogP contribution is -2.50. The van der Waals surface area contributed by atoms with Gasteiger partial charge in [-0.05, 0) is 29.3 Å². The van der Waals surface area contributed by atoms with Gasteiger partial charge in [0.05, 0.1) is 17.2 Å². The molecule has 5 nitrogen and oxygen atoms in total. The number of aromatic nitrogens is 2. The lowest BCUT2D eigenvalue weighted by Gasteiger charge is -2.32. The molecule has 6 heteroatoms. The molecule has 1 aliphatic rings. The van der Waals surface area contributed by atoms with Gasteiger partial charge in [0.2, 0.25) is 5.91 Å². The van der Waals surface area contributed by atoms with Gasteiger partial charge in [0, 0.05) is 38.3 Å². The van der Waals surface area contributed by atoms with Crippen LogP contribution in [0.3, 0.4) is 0 Å². The second kappa shape index (κ2) is 5.84. The fraction of sp³-hybridized carbons (Fsp3) is 0.667. The van der Waals surface area contributed by atoms with E-state index >= 15 is 0 Å². The van der Waals surface area contributed by atoms with Crippen LogP contribution in [0.1, 0.15) is 19.8 Å². The van der Waals surface area contributed by atoms with E-state index < -0.39 is 0 Å². The summed E-state index contributed by atoms with van der Waals surface area (Å²) in [7, 11) is 1.87. The predicted octanol–water partition coefficient (Wildman–Crippen LogP) is 1.24. The molecule has 100 valence electrons. The Labute approximate surface area is 116 Å². The van der Waals surface area contributed by atoms with Crippen molar-refractivity contribution in [2.24, 2.45) is 0 Å². The summed E-state index contributed by atoms with van der Waals surface area (Å²) in [6.07, 6.45) is 5.33. The van der Waals surface area contributed by atoms with Crippen molar-refractivity contribution >= 4 is 21.8 Å². The molecule has 2 heterocycles. The summed E-state index contributed by atoms with van der Waals surface area (Å²) in [5, 5.41) is 7.80. The molecule has 1 aliphatic heterocycles. The zero-order valence-electron chi connectivity index (χ0n) is 10.8. The van der Waals surface area contributed by atoms with Gasteiger partial charge in [-0.15, -0.1) is 0 Å². The molecule has 1 N–H and O–H groups in total. The highest BCUT2D eigenvalue weighted by Gasteiger charge is 2.23. The Balaban J connectivity index is 1.80. The first kappa shape index (κ1) is 13.5. The summed E-state index contributed by atoms with van der Waals surface area (Å²) >= 11 is 3.39. The van der Waals surface area contributed by atoms with Gasteiger partial charge in [0.25, 0.3) is 0 Å². The van der Waals surface area contributed by atoms with Crippen LogP contribution in [0.4, 0.5) is 0 Å². The number of halogens is 1. The number of nitrogens with zero attached hydrogens (tertiary/aromatic N) is 3. The molecule has 0 bridgehead atoms. The number of nitrogens with one attached hydrogen (secondary N) is 1. The van der Waals surface area contributed by atoms with Crippen molar-refractivity contribution in [3.8, 4) is 0 Å². The highest BCUT2D eigenvalue weighted by atomic mass is 79.9. The van der Waals surface area contributed by atoms with Gasteiger partial charge in [-0.2, -0.15) is 5.10 Å². The lowest BCUT2D eigenvalue weighted by molar-refractivity contribution is -0.132. The molecule has 1 amide bonds. The maximum absolute atomic E-state index is 11.4. The molecule has 18 heavy (non-hydrogen) atoms. The molecule has 2 rings (SSSR count). The van der Waals surface area contributed by atoms with Gasteiger partial charge in [0.15, 0.2) is 0 Å². The average molecular weight is 315 g/mol. The molecule has 0 saturated carbocycles. The van der Waals surface area contributed by atoms with Crippen molar-refractivity contribution in [1.29, 1.82) is 0 Å². The Morgan fingerprint density at radius 3 is 3.06 bits per heavy atom. The van der Waals surface area contributed by atoms with Crippen molar-refractivity contribution in [3.05, 3.63) is 16.9 Å². The zero-order chi connectivity index (χ0) is 13.1. The monoisotopic (exact) mass is 314 g/mol. The number of hydrogen-bond donors (Lipinski definition) is 1. The second-order valence-electron chi connectivity index (χ2n) is 4.96. The third-order valence-corrected chi connectivity index (χ3v) is 3.62. The van der Waals surface area contributed by atoms with Crippen LogP contribution < -0.4 is 5.32 Å². The Hall–Kier alpha value is -0.880. The molecule has 2 atom stereocenters. The maximum Gasteiger partial charge on any atom is 0.222 e. The van der Waals surface area contributed by atoms with Gasteiger partial charge >= 0.3 is 0 Å². The van der Waals surface area contributed by atoms with Crippen molar-refractivity contribution in [2.75, 3.05) is 13.6 Å².